The zero-order valence-corrected chi connectivity index (χ0v) is 20.8. The zero-order valence-electron chi connectivity index (χ0n) is 20.0. The van der Waals surface area contributed by atoms with Crippen LogP contribution < -0.4 is 4.72 Å². The summed E-state index contributed by atoms with van der Waals surface area (Å²) in [5, 5.41) is 17.2. The highest BCUT2D eigenvalue weighted by Gasteiger charge is 2.38. The number of rotatable bonds is 5. The number of aromatic amines is 1. The lowest BCUT2D eigenvalue weighted by molar-refractivity contribution is -0.192. The summed E-state index contributed by atoms with van der Waals surface area (Å²) in [6, 6.07) is 5.04. The molecule has 0 radical (unpaired) electrons. The van der Waals surface area contributed by atoms with Crippen LogP contribution in [-0.4, -0.2) is 62.4 Å². The monoisotopic (exact) mass is 541 g/mol. The summed E-state index contributed by atoms with van der Waals surface area (Å²) in [6.45, 7) is 3.69. The first-order chi connectivity index (χ1) is 17.2. The molecule has 10 nitrogen and oxygen atoms in total. The molecule has 1 fully saturated rings. The Hall–Kier alpha value is -3.36. The van der Waals surface area contributed by atoms with Gasteiger partial charge in [-0.1, -0.05) is 0 Å². The van der Waals surface area contributed by atoms with Crippen molar-refractivity contribution in [1.29, 1.82) is 0 Å². The molecule has 3 heterocycles. The van der Waals surface area contributed by atoms with Crippen LogP contribution in [0.5, 0.6) is 0 Å². The molecule has 1 saturated carbocycles. The van der Waals surface area contributed by atoms with Gasteiger partial charge in [-0.05, 0) is 63.3 Å². The number of imidazole rings is 1. The average molecular weight is 542 g/mol. The van der Waals surface area contributed by atoms with E-state index in [9.17, 15) is 26.7 Å². The number of hydrogen-bond acceptors (Lipinski definition) is 7. The van der Waals surface area contributed by atoms with E-state index in [2.05, 4.69) is 24.7 Å². The number of aryl methyl sites for hydroxylation is 1. The Morgan fingerprint density at radius 1 is 1.16 bits per heavy atom. The highest BCUT2D eigenvalue weighted by atomic mass is 32.2. The zero-order chi connectivity index (χ0) is 27.4. The van der Waals surface area contributed by atoms with Gasteiger partial charge in [0.25, 0.3) is 0 Å². The summed E-state index contributed by atoms with van der Waals surface area (Å²) in [5.74, 6) is -2.18. The number of nitrogens with zero attached hydrogens (tertiary/aromatic N) is 3. The second kappa shape index (κ2) is 10.9. The number of aliphatic hydroxyl groups is 1. The molecule has 4 N–H and O–H groups in total. The maximum Gasteiger partial charge on any atom is 0.490 e. The lowest BCUT2D eigenvalue weighted by Crippen LogP contribution is -2.42. The molecule has 0 spiro atoms. The Morgan fingerprint density at radius 2 is 1.76 bits per heavy atom. The Morgan fingerprint density at radius 3 is 2.27 bits per heavy atom. The van der Waals surface area contributed by atoms with E-state index in [1.165, 1.54) is 6.20 Å². The molecule has 0 aromatic carbocycles. The number of H-pyrrole nitrogens is 1. The molecule has 14 heteroatoms. The summed E-state index contributed by atoms with van der Waals surface area (Å²) >= 11 is 0. The van der Waals surface area contributed by atoms with Crippen LogP contribution in [0.2, 0.25) is 0 Å². The number of nitrogens with one attached hydrogen (secondary N) is 2. The number of alkyl halides is 3. The van der Waals surface area contributed by atoms with Crippen molar-refractivity contribution in [3.8, 4) is 22.6 Å². The number of pyridine rings is 2. The predicted octanol–water partition coefficient (Wildman–Crippen LogP) is 3.45. The minimum atomic E-state index is -5.08. The Bertz CT molecular complexity index is 1330. The number of carboxylic acid groups (broad SMARTS) is 1. The third kappa shape index (κ3) is 7.57. The summed E-state index contributed by atoms with van der Waals surface area (Å²) in [7, 11) is -3.76. The predicted molar refractivity (Wildman–Crippen MR) is 127 cm³/mol. The van der Waals surface area contributed by atoms with Gasteiger partial charge in [0.15, 0.2) is 5.82 Å². The van der Waals surface area contributed by atoms with Crippen molar-refractivity contribution in [3.05, 3.63) is 48.7 Å². The van der Waals surface area contributed by atoms with Gasteiger partial charge in [-0.25, -0.2) is 22.9 Å². The van der Waals surface area contributed by atoms with E-state index in [4.69, 9.17) is 9.90 Å². The number of sulfonamides is 1. The lowest BCUT2D eigenvalue weighted by atomic mass is 9.84. The van der Waals surface area contributed by atoms with E-state index in [0.717, 1.165) is 11.3 Å². The van der Waals surface area contributed by atoms with Crippen LogP contribution in [0.15, 0.2) is 47.9 Å². The Labute approximate surface area is 211 Å². The number of halogens is 3. The van der Waals surface area contributed by atoms with Gasteiger partial charge in [-0.3, -0.25) is 9.97 Å². The highest BCUT2D eigenvalue weighted by Crippen LogP contribution is 2.32. The fourth-order valence-corrected chi connectivity index (χ4v) is 4.99. The third-order valence-corrected chi connectivity index (χ3v) is 7.21. The molecule has 37 heavy (non-hydrogen) atoms. The van der Waals surface area contributed by atoms with Crippen molar-refractivity contribution in [2.75, 3.05) is 0 Å². The SMILES string of the molecule is Cc1cnc(-c2ncc(S(=O)(=O)NC3CCC(C)(O)CC3)cc2-c2ccncc2)[nH]1.O=C(O)C(F)(F)F. The summed E-state index contributed by atoms with van der Waals surface area (Å²) in [4.78, 5) is 25.0. The van der Waals surface area contributed by atoms with E-state index in [-0.39, 0.29) is 10.9 Å². The third-order valence-electron chi connectivity index (χ3n) is 5.72. The van der Waals surface area contributed by atoms with Crippen molar-refractivity contribution in [2.24, 2.45) is 0 Å². The Balaban J connectivity index is 0.000000479. The van der Waals surface area contributed by atoms with Crippen molar-refractivity contribution in [3.63, 3.8) is 0 Å². The van der Waals surface area contributed by atoms with Crippen molar-refractivity contribution >= 4 is 16.0 Å². The molecular weight excluding hydrogens is 515 g/mol. The highest BCUT2D eigenvalue weighted by molar-refractivity contribution is 7.89. The molecule has 0 bridgehead atoms. The molecule has 1 aliphatic rings. The molecule has 0 unspecified atom stereocenters. The van der Waals surface area contributed by atoms with Gasteiger partial charge in [0.05, 0.1) is 5.60 Å². The summed E-state index contributed by atoms with van der Waals surface area (Å²) in [6.07, 6.45) is 3.62. The van der Waals surface area contributed by atoms with Crippen LogP contribution >= 0.6 is 0 Å². The van der Waals surface area contributed by atoms with Gasteiger partial charge in [-0.15, -0.1) is 0 Å². The maximum atomic E-state index is 13.0. The molecular formula is C23H26F3N5O5S. The number of carbonyl (C=O) groups is 1. The van der Waals surface area contributed by atoms with E-state index < -0.39 is 27.8 Å². The fourth-order valence-electron chi connectivity index (χ4n) is 3.71. The van der Waals surface area contributed by atoms with E-state index in [1.54, 1.807) is 31.6 Å². The van der Waals surface area contributed by atoms with Crippen molar-refractivity contribution in [1.82, 2.24) is 24.7 Å². The molecule has 4 rings (SSSR count). The molecule has 0 atom stereocenters. The number of hydrogen-bond donors (Lipinski definition) is 4. The molecule has 0 aliphatic heterocycles. The molecule has 3 aromatic rings. The topological polar surface area (TPSA) is 158 Å². The molecule has 0 saturated heterocycles. The first kappa shape index (κ1) is 28.2. The minimum absolute atomic E-state index is 0.0960. The standard InChI is InChI=1S/C21H25N5O3S.C2HF3O2/c1-14-12-24-20(25-14)19-18(15-5-9-22-10-6-15)11-17(13-23-19)30(28,29)26-16-3-7-21(2,27)8-4-16;3-2(4,5)1(6)7/h5-6,9-13,16,26-27H,3-4,7-8H2,1-2H3,(H,24,25);(H,6,7). The van der Waals surface area contributed by atoms with Crippen LogP contribution in [0.25, 0.3) is 22.6 Å². The van der Waals surface area contributed by atoms with Gasteiger partial charge in [0.1, 0.15) is 10.6 Å². The van der Waals surface area contributed by atoms with Gasteiger partial charge in [0, 0.05) is 42.1 Å². The molecule has 0 amide bonds. The van der Waals surface area contributed by atoms with Crippen LogP contribution in [0, 0.1) is 6.92 Å². The summed E-state index contributed by atoms with van der Waals surface area (Å²) in [5.41, 5.74) is 2.19. The van der Waals surface area contributed by atoms with Gasteiger partial charge in [0.2, 0.25) is 10.0 Å². The first-order valence-corrected chi connectivity index (χ1v) is 12.6. The molecule has 200 valence electrons. The molecule has 3 aromatic heterocycles. The van der Waals surface area contributed by atoms with Crippen molar-refractivity contribution in [2.45, 2.75) is 62.2 Å². The Kier molecular flexibility index (Phi) is 8.35. The number of aromatic nitrogens is 4. The second-order valence-electron chi connectivity index (χ2n) is 8.91. The van der Waals surface area contributed by atoms with Crippen LogP contribution in [-0.2, 0) is 14.8 Å². The fraction of sp³-hybridized carbons (Fsp3) is 0.391. The smallest absolute Gasteiger partial charge is 0.475 e. The van der Waals surface area contributed by atoms with E-state index in [1.807, 2.05) is 19.1 Å². The lowest BCUT2D eigenvalue weighted by Gasteiger charge is -2.33. The summed E-state index contributed by atoms with van der Waals surface area (Å²) < 4.78 is 60.6. The van der Waals surface area contributed by atoms with Crippen LogP contribution in [0.1, 0.15) is 38.3 Å². The van der Waals surface area contributed by atoms with E-state index >= 15 is 0 Å². The van der Waals surface area contributed by atoms with Gasteiger partial charge in [-0.2, -0.15) is 13.2 Å². The maximum absolute atomic E-state index is 13.0. The quantitative estimate of drug-likeness (QED) is 0.382. The van der Waals surface area contributed by atoms with Gasteiger partial charge >= 0.3 is 12.1 Å². The number of carboxylic acids is 1. The number of aliphatic carboxylic acids is 1. The first-order valence-electron chi connectivity index (χ1n) is 11.2. The molecule has 1 aliphatic carbocycles. The van der Waals surface area contributed by atoms with Crippen LogP contribution in [0.4, 0.5) is 13.2 Å². The minimum Gasteiger partial charge on any atom is -0.475 e. The second-order valence-corrected chi connectivity index (χ2v) is 10.6. The van der Waals surface area contributed by atoms with E-state index in [0.29, 0.717) is 42.8 Å². The van der Waals surface area contributed by atoms with Crippen molar-refractivity contribution < 1.29 is 36.6 Å². The normalized spacial score (nSPS) is 20.1. The largest absolute Gasteiger partial charge is 0.490 e. The average Bonchev–Trinajstić information content (AvgIpc) is 3.26. The van der Waals surface area contributed by atoms with Crippen LogP contribution in [0.3, 0.4) is 0 Å². The van der Waals surface area contributed by atoms with Gasteiger partial charge < -0.3 is 15.2 Å².